The maximum absolute atomic E-state index is 4.34. The molecule has 0 unspecified atom stereocenters. The number of rotatable bonds is 1. The maximum Gasteiger partial charge on any atom is 0.170 e. The van der Waals surface area contributed by atoms with Gasteiger partial charge < -0.3 is 0 Å². The summed E-state index contributed by atoms with van der Waals surface area (Å²) in [6.45, 7) is 2.11. The van der Waals surface area contributed by atoms with Crippen molar-refractivity contribution in [2.24, 2.45) is 0 Å². The Kier molecular flexibility index (Phi) is 1.58. The lowest BCUT2D eigenvalue weighted by Gasteiger charge is -1.80. The van der Waals surface area contributed by atoms with Gasteiger partial charge in [-0.1, -0.05) is 6.92 Å². The Morgan fingerprint density at radius 3 is 3.18 bits per heavy atom. The van der Waals surface area contributed by atoms with Gasteiger partial charge in [0.15, 0.2) is 5.65 Å². The first-order chi connectivity index (χ1) is 5.40. The van der Waals surface area contributed by atoms with E-state index >= 15 is 0 Å². The third-order valence-electron chi connectivity index (χ3n) is 1.51. The lowest BCUT2D eigenvalue weighted by molar-refractivity contribution is 1.10. The molecule has 0 N–H and O–H groups in total. The minimum atomic E-state index is 0.884. The van der Waals surface area contributed by atoms with Crippen molar-refractivity contribution >= 4 is 21.7 Å². The quantitative estimate of drug-likeness (QED) is 0.646. The van der Waals surface area contributed by atoms with Crippen LogP contribution in [0.4, 0.5) is 0 Å². The van der Waals surface area contributed by atoms with Gasteiger partial charge in [-0.15, -0.1) is 11.3 Å². The van der Waals surface area contributed by atoms with E-state index in [1.807, 2.05) is 6.07 Å². The van der Waals surface area contributed by atoms with Gasteiger partial charge in [-0.05, 0) is 18.6 Å². The molecule has 0 atom stereocenters. The van der Waals surface area contributed by atoms with Crippen LogP contribution in [-0.4, -0.2) is 9.97 Å². The highest BCUT2D eigenvalue weighted by atomic mass is 32.1. The summed E-state index contributed by atoms with van der Waals surface area (Å²) in [5, 5.41) is 1.17. The monoisotopic (exact) mass is 164 g/mol. The zero-order chi connectivity index (χ0) is 7.68. The molecule has 0 aliphatic heterocycles. The summed E-state index contributed by atoms with van der Waals surface area (Å²) in [5.74, 6) is 0. The van der Waals surface area contributed by atoms with E-state index in [0.717, 1.165) is 12.1 Å². The minimum Gasteiger partial charge on any atom is -0.236 e. The van der Waals surface area contributed by atoms with Crippen molar-refractivity contribution < 1.29 is 0 Å². The Labute approximate surface area is 68.9 Å². The SMILES string of the molecule is CCc1nc2ncccc2s1. The molecule has 2 nitrogen and oxygen atoms in total. The van der Waals surface area contributed by atoms with Gasteiger partial charge >= 0.3 is 0 Å². The molecular weight excluding hydrogens is 156 g/mol. The number of aromatic nitrogens is 2. The third-order valence-corrected chi connectivity index (χ3v) is 2.67. The smallest absolute Gasteiger partial charge is 0.170 e. The number of fused-ring (bicyclic) bond motifs is 1. The van der Waals surface area contributed by atoms with Crippen LogP contribution in [0.15, 0.2) is 18.3 Å². The van der Waals surface area contributed by atoms with E-state index in [2.05, 4.69) is 23.0 Å². The summed E-state index contributed by atoms with van der Waals surface area (Å²) in [4.78, 5) is 8.49. The van der Waals surface area contributed by atoms with E-state index in [4.69, 9.17) is 0 Å². The summed E-state index contributed by atoms with van der Waals surface area (Å²) in [7, 11) is 0. The topological polar surface area (TPSA) is 25.8 Å². The van der Waals surface area contributed by atoms with E-state index < -0.39 is 0 Å². The molecule has 0 radical (unpaired) electrons. The van der Waals surface area contributed by atoms with E-state index in [9.17, 15) is 0 Å². The molecule has 0 amide bonds. The largest absolute Gasteiger partial charge is 0.236 e. The van der Waals surface area contributed by atoms with Crippen LogP contribution >= 0.6 is 11.3 Å². The first-order valence-corrected chi connectivity index (χ1v) is 4.42. The standard InChI is InChI=1S/C8H8N2S/c1-2-7-10-8-6(11-7)4-3-5-9-8/h3-5H,2H2,1H3. The average Bonchev–Trinajstić information content (AvgIpc) is 2.46. The molecule has 0 bridgehead atoms. The first kappa shape index (κ1) is 6.73. The predicted octanol–water partition coefficient (Wildman–Crippen LogP) is 2.25. The molecule has 2 rings (SSSR count). The third kappa shape index (κ3) is 1.12. The molecule has 0 aliphatic rings. The van der Waals surface area contributed by atoms with Crippen LogP contribution in [0.2, 0.25) is 0 Å². The second-order valence-electron chi connectivity index (χ2n) is 2.29. The van der Waals surface area contributed by atoms with Crippen molar-refractivity contribution in [2.75, 3.05) is 0 Å². The van der Waals surface area contributed by atoms with Crippen molar-refractivity contribution in [1.82, 2.24) is 9.97 Å². The van der Waals surface area contributed by atoms with Crippen molar-refractivity contribution in [1.29, 1.82) is 0 Å². The highest BCUT2D eigenvalue weighted by Crippen LogP contribution is 2.19. The van der Waals surface area contributed by atoms with Gasteiger partial charge in [0, 0.05) is 6.20 Å². The lowest BCUT2D eigenvalue weighted by Crippen LogP contribution is -1.76. The van der Waals surface area contributed by atoms with Gasteiger partial charge in [0.2, 0.25) is 0 Å². The average molecular weight is 164 g/mol. The van der Waals surface area contributed by atoms with Crippen LogP contribution < -0.4 is 0 Å². The van der Waals surface area contributed by atoms with Gasteiger partial charge in [0.1, 0.15) is 0 Å². The molecule has 0 aromatic carbocycles. The summed E-state index contributed by atoms with van der Waals surface area (Å²) in [6.07, 6.45) is 2.78. The van der Waals surface area contributed by atoms with E-state index in [1.165, 1.54) is 9.71 Å². The van der Waals surface area contributed by atoms with Gasteiger partial charge in [0.25, 0.3) is 0 Å². The molecule has 56 valence electrons. The fourth-order valence-corrected chi connectivity index (χ4v) is 1.83. The number of nitrogens with zero attached hydrogens (tertiary/aromatic N) is 2. The van der Waals surface area contributed by atoms with Crippen molar-refractivity contribution in [3.05, 3.63) is 23.3 Å². The molecule has 2 heterocycles. The van der Waals surface area contributed by atoms with Crippen molar-refractivity contribution in [2.45, 2.75) is 13.3 Å². The molecule has 11 heavy (non-hydrogen) atoms. The predicted molar refractivity (Wildman–Crippen MR) is 46.8 cm³/mol. The number of aryl methyl sites for hydroxylation is 1. The Bertz CT molecular complexity index is 334. The van der Waals surface area contributed by atoms with Gasteiger partial charge in [0.05, 0.1) is 9.71 Å². The molecular formula is C8H8N2S. The van der Waals surface area contributed by atoms with E-state index in [1.54, 1.807) is 17.5 Å². The normalized spacial score (nSPS) is 10.6. The minimum absolute atomic E-state index is 0.884. The summed E-state index contributed by atoms with van der Waals surface area (Å²) >= 11 is 1.72. The van der Waals surface area contributed by atoms with Gasteiger partial charge in [-0.25, -0.2) is 9.97 Å². The molecule has 0 fully saturated rings. The fraction of sp³-hybridized carbons (Fsp3) is 0.250. The summed E-state index contributed by atoms with van der Waals surface area (Å²) in [6, 6.07) is 4.00. The number of pyridine rings is 1. The second kappa shape index (κ2) is 2.58. The molecule has 3 heteroatoms. The molecule has 2 aromatic heterocycles. The zero-order valence-corrected chi connectivity index (χ0v) is 7.06. The number of hydrogen-bond acceptors (Lipinski definition) is 3. The summed E-state index contributed by atoms with van der Waals surface area (Å²) in [5.41, 5.74) is 0.884. The van der Waals surface area contributed by atoms with E-state index in [-0.39, 0.29) is 0 Å². The summed E-state index contributed by atoms with van der Waals surface area (Å²) < 4.78 is 1.18. The number of thiazole rings is 1. The Morgan fingerprint density at radius 1 is 1.55 bits per heavy atom. The molecule has 2 aromatic rings. The Balaban J connectivity index is 2.69. The first-order valence-electron chi connectivity index (χ1n) is 3.60. The van der Waals surface area contributed by atoms with Crippen molar-refractivity contribution in [3.8, 4) is 0 Å². The Morgan fingerprint density at radius 2 is 2.45 bits per heavy atom. The molecule has 0 spiro atoms. The number of hydrogen-bond donors (Lipinski definition) is 0. The Hall–Kier alpha value is -0.960. The van der Waals surface area contributed by atoms with Gasteiger partial charge in [-0.3, -0.25) is 0 Å². The molecule has 0 saturated heterocycles. The van der Waals surface area contributed by atoms with Crippen LogP contribution in [0, 0.1) is 0 Å². The van der Waals surface area contributed by atoms with Crippen LogP contribution in [0.25, 0.3) is 10.3 Å². The van der Waals surface area contributed by atoms with Crippen LogP contribution in [-0.2, 0) is 6.42 Å². The lowest BCUT2D eigenvalue weighted by atomic mass is 10.5. The van der Waals surface area contributed by atoms with Crippen LogP contribution in [0.1, 0.15) is 11.9 Å². The van der Waals surface area contributed by atoms with Crippen LogP contribution in [0.3, 0.4) is 0 Å². The van der Waals surface area contributed by atoms with Gasteiger partial charge in [-0.2, -0.15) is 0 Å². The van der Waals surface area contributed by atoms with E-state index in [0.29, 0.717) is 0 Å². The highest BCUT2D eigenvalue weighted by Gasteiger charge is 2.00. The van der Waals surface area contributed by atoms with Crippen molar-refractivity contribution in [3.63, 3.8) is 0 Å². The molecule has 0 saturated carbocycles. The fourth-order valence-electron chi connectivity index (χ4n) is 0.965. The zero-order valence-electron chi connectivity index (χ0n) is 6.24. The maximum atomic E-state index is 4.34. The van der Waals surface area contributed by atoms with Crippen LogP contribution in [0.5, 0.6) is 0 Å². The highest BCUT2D eigenvalue weighted by molar-refractivity contribution is 7.18. The molecule has 0 aliphatic carbocycles. The second-order valence-corrected chi connectivity index (χ2v) is 3.40.